The Balaban J connectivity index is 3.00. The Labute approximate surface area is 116 Å². The number of ether oxygens (including phenoxy) is 3. The van der Waals surface area contributed by atoms with Crippen LogP contribution in [0.15, 0.2) is 0 Å². The molecule has 0 aromatic rings. The number of rotatable bonds is 2. The van der Waals surface area contributed by atoms with Gasteiger partial charge in [-0.15, -0.1) is 0 Å². The predicted molar refractivity (Wildman–Crippen MR) is 73.0 cm³/mol. The highest BCUT2D eigenvalue weighted by Gasteiger charge is 2.51. The van der Waals surface area contributed by atoms with Crippen LogP contribution in [0.1, 0.15) is 48.5 Å². The van der Waals surface area contributed by atoms with Gasteiger partial charge in [-0.1, -0.05) is 0 Å². The van der Waals surface area contributed by atoms with Crippen molar-refractivity contribution < 1.29 is 19.0 Å². The summed E-state index contributed by atoms with van der Waals surface area (Å²) in [6.07, 6.45) is -0.370. The lowest BCUT2D eigenvalue weighted by Crippen LogP contribution is -2.56. The molecule has 0 unspecified atom stereocenters. The molecule has 1 fully saturated rings. The zero-order valence-electron chi connectivity index (χ0n) is 13.4. The van der Waals surface area contributed by atoms with Gasteiger partial charge in [-0.05, 0) is 48.5 Å². The monoisotopic (exact) mass is 273 g/mol. The third kappa shape index (κ3) is 3.60. The Morgan fingerprint density at radius 1 is 1.26 bits per heavy atom. The Morgan fingerprint density at radius 2 is 1.79 bits per heavy atom. The molecule has 0 N–H and O–H groups in total. The van der Waals surface area contributed by atoms with Crippen LogP contribution in [0.25, 0.3) is 0 Å². The van der Waals surface area contributed by atoms with Crippen LogP contribution in [-0.2, 0) is 14.2 Å². The van der Waals surface area contributed by atoms with Crippen molar-refractivity contribution in [3.8, 4) is 0 Å². The van der Waals surface area contributed by atoms with Crippen LogP contribution in [-0.4, -0.2) is 47.7 Å². The number of hydrogen-bond acceptors (Lipinski definition) is 4. The van der Waals surface area contributed by atoms with Crippen molar-refractivity contribution >= 4 is 6.09 Å². The fraction of sp³-hybridized carbons (Fsp3) is 0.929. The SMILES string of the molecule is COC(C)(C)[C@@H]1COC(C)(C)N1C(=O)OC(C)(C)C. The van der Waals surface area contributed by atoms with Crippen LogP contribution >= 0.6 is 0 Å². The van der Waals surface area contributed by atoms with Gasteiger partial charge >= 0.3 is 6.09 Å². The topological polar surface area (TPSA) is 48.0 Å². The fourth-order valence-corrected chi connectivity index (χ4v) is 2.11. The summed E-state index contributed by atoms with van der Waals surface area (Å²) in [6.45, 7) is 13.6. The number of hydrogen-bond donors (Lipinski definition) is 0. The molecule has 19 heavy (non-hydrogen) atoms. The van der Waals surface area contributed by atoms with Gasteiger partial charge in [-0.2, -0.15) is 0 Å². The molecule has 1 amide bonds. The van der Waals surface area contributed by atoms with Crippen LogP contribution in [0, 0.1) is 0 Å². The molecular weight excluding hydrogens is 246 g/mol. The molecule has 0 radical (unpaired) electrons. The van der Waals surface area contributed by atoms with Crippen LogP contribution in [0.4, 0.5) is 4.79 Å². The third-order valence-electron chi connectivity index (χ3n) is 3.41. The average molecular weight is 273 g/mol. The first-order chi connectivity index (χ1) is 8.41. The number of nitrogens with zero attached hydrogens (tertiary/aromatic N) is 1. The van der Waals surface area contributed by atoms with Gasteiger partial charge in [0.25, 0.3) is 0 Å². The summed E-state index contributed by atoms with van der Waals surface area (Å²) in [5, 5.41) is 0. The second kappa shape index (κ2) is 4.94. The Hall–Kier alpha value is -0.810. The lowest BCUT2D eigenvalue weighted by Gasteiger charge is -2.40. The van der Waals surface area contributed by atoms with Crippen LogP contribution in [0.2, 0.25) is 0 Å². The minimum Gasteiger partial charge on any atom is -0.444 e. The zero-order chi connectivity index (χ0) is 15.1. The van der Waals surface area contributed by atoms with E-state index in [0.717, 1.165) is 0 Å². The van der Waals surface area contributed by atoms with Crippen LogP contribution in [0.5, 0.6) is 0 Å². The lowest BCUT2D eigenvalue weighted by atomic mass is 9.98. The number of carbonyl (C=O) groups is 1. The van der Waals surface area contributed by atoms with E-state index in [4.69, 9.17) is 14.2 Å². The van der Waals surface area contributed by atoms with E-state index in [9.17, 15) is 4.79 Å². The molecule has 1 rings (SSSR count). The highest BCUT2D eigenvalue weighted by atomic mass is 16.6. The second-order valence-corrected chi connectivity index (χ2v) is 6.93. The molecule has 0 spiro atoms. The Morgan fingerprint density at radius 3 is 2.21 bits per heavy atom. The highest BCUT2D eigenvalue weighted by Crippen LogP contribution is 2.35. The molecule has 0 aromatic heterocycles. The van der Waals surface area contributed by atoms with Gasteiger partial charge in [0, 0.05) is 7.11 Å². The van der Waals surface area contributed by atoms with Crippen LogP contribution in [0.3, 0.4) is 0 Å². The van der Waals surface area contributed by atoms with E-state index in [0.29, 0.717) is 6.61 Å². The summed E-state index contributed by atoms with van der Waals surface area (Å²) in [5.74, 6) is 0. The van der Waals surface area contributed by atoms with E-state index in [-0.39, 0.29) is 12.1 Å². The normalized spacial score (nSPS) is 23.6. The first kappa shape index (κ1) is 16.2. The van der Waals surface area contributed by atoms with E-state index in [1.54, 1.807) is 12.0 Å². The summed E-state index contributed by atoms with van der Waals surface area (Å²) in [7, 11) is 1.64. The molecule has 1 aliphatic heterocycles. The number of methoxy groups -OCH3 is 1. The average Bonchev–Trinajstić information content (AvgIpc) is 2.52. The van der Waals surface area contributed by atoms with Crippen molar-refractivity contribution in [2.45, 2.75) is 71.4 Å². The van der Waals surface area contributed by atoms with E-state index in [1.165, 1.54) is 0 Å². The van der Waals surface area contributed by atoms with E-state index < -0.39 is 16.9 Å². The van der Waals surface area contributed by atoms with Crippen molar-refractivity contribution in [2.24, 2.45) is 0 Å². The van der Waals surface area contributed by atoms with Gasteiger partial charge in [0.1, 0.15) is 11.3 Å². The molecule has 5 nitrogen and oxygen atoms in total. The molecule has 0 saturated carbocycles. The Kier molecular flexibility index (Phi) is 4.23. The summed E-state index contributed by atoms with van der Waals surface area (Å²) in [4.78, 5) is 14.1. The minimum atomic E-state index is -0.692. The zero-order valence-corrected chi connectivity index (χ0v) is 13.4. The molecule has 1 atom stereocenters. The standard InChI is InChI=1S/C14H27NO4/c1-12(2,3)19-11(16)15-10(13(4,5)17-8)9-18-14(15,6)7/h10H,9H2,1-8H3/t10-/m0/s1. The van der Waals surface area contributed by atoms with Crippen molar-refractivity contribution in [2.75, 3.05) is 13.7 Å². The van der Waals surface area contributed by atoms with Gasteiger partial charge in [-0.25, -0.2) is 4.79 Å². The highest BCUT2D eigenvalue weighted by molar-refractivity contribution is 5.70. The molecule has 0 bridgehead atoms. The van der Waals surface area contributed by atoms with Gasteiger partial charge in [0.2, 0.25) is 0 Å². The van der Waals surface area contributed by atoms with Gasteiger partial charge in [-0.3, -0.25) is 4.90 Å². The summed E-state index contributed by atoms with van der Waals surface area (Å²) >= 11 is 0. The minimum absolute atomic E-state index is 0.178. The summed E-state index contributed by atoms with van der Waals surface area (Å²) in [5.41, 5.74) is -1.72. The maximum absolute atomic E-state index is 12.4. The predicted octanol–water partition coefficient (Wildman–Crippen LogP) is 2.78. The second-order valence-electron chi connectivity index (χ2n) is 6.93. The first-order valence-corrected chi connectivity index (χ1v) is 6.62. The van der Waals surface area contributed by atoms with E-state index in [1.807, 2.05) is 48.5 Å². The first-order valence-electron chi connectivity index (χ1n) is 6.62. The number of carbonyl (C=O) groups excluding carboxylic acids is 1. The van der Waals surface area contributed by atoms with Gasteiger partial charge in [0.05, 0.1) is 18.2 Å². The van der Waals surface area contributed by atoms with Crippen molar-refractivity contribution in [1.29, 1.82) is 0 Å². The molecule has 0 aromatic carbocycles. The molecule has 112 valence electrons. The molecular formula is C14H27NO4. The largest absolute Gasteiger partial charge is 0.444 e. The molecule has 1 aliphatic rings. The quantitative estimate of drug-likeness (QED) is 0.776. The van der Waals surface area contributed by atoms with Crippen molar-refractivity contribution in [1.82, 2.24) is 4.90 Å². The van der Waals surface area contributed by atoms with Crippen molar-refractivity contribution in [3.05, 3.63) is 0 Å². The van der Waals surface area contributed by atoms with Crippen LogP contribution < -0.4 is 0 Å². The van der Waals surface area contributed by atoms with Crippen molar-refractivity contribution in [3.63, 3.8) is 0 Å². The molecule has 1 heterocycles. The molecule has 5 heteroatoms. The summed E-state index contributed by atoms with van der Waals surface area (Å²) < 4.78 is 16.7. The molecule has 1 saturated heterocycles. The van der Waals surface area contributed by atoms with Gasteiger partial charge in [0.15, 0.2) is 0 Å². The van der Waals surface area contributed by atoms with E-state index in [2.05, 4.69) is 0 Å². The van der Waals surface area contributed by atoms with E-state index >= 15 is 0 Å². The fourth-order valence-electron chi connectivity index (χ4n) is 2.11. The lowest BCUT2D eigenvalue weighted by molar-refractivity contribution is -0.0828. The number of amides is 1. The Bertz CT molecular complexity index is 344. The molecule has 0 aliphatic carbocycles. The maximum atomic E-state index is 12.4. The smallest absolute Gasteiger partial charge is 0.413 e. The maximum Gasteiger partial charge on any atom is 0.413 e. The third-order valence-corrected chi connectivity index (χ3v) is 3.41. The van der Waals surface area contributed by atoms with Gasteiger partial charge < -0.3 is 14.2 Å². The summed E-state index contributed by atoms with van der Waals surface area (Å²) in [6, 6.07) is -0.178.